The van der Waals surface area contributed by atoms with Crippen LogP contribution in [0.15, 0.2) is 10.8 Å². The van der Waals surface area contributed by atoms with Crippen LogP contribution in [-0.2, 0) is 8.87 Å². The van der Waals surface area contributed by atoms with Gasteiger partial charge in [0.05, 0.1) is 5.69 Å². The Kier molecular flexibility index (Phi) is 4.40. The molecule has 1 aromatic heterocycles. The summed E-state index contributed by atoms with van der Waals surface area (Å²) < 4.78 is 57.2. The number of carbonyl (C=O) groups is 1. The van der Waals surface area contributed by atoms with E-state index in [1.165, 1.54) is 5.38 Å². The highest BCUT2D eigenvalue weighted by atomic mass is 33.1. The van der Waals surface area contributed by atoms with Crippen LogP contribution in [0.4, 0.5) is 13.2 Å². The number of aromatic nitrogens is 1. The molecule has 0 aliphatic rings. The van der Waals surface area contributed by atoms with Gasteiger partial charge in [0.25, 0.3) is 5.91 Å². The smallest absolute Gasteiger partial charge is 0.364 e. The normalized spacial score (nSPS) is 13.1. The summed E-state index contributed by atoms with van der Waals surface area (Å²) in [6.45, 7) is 0. The van der Waals surface area contributed by atoms with E-state index < -0.39 is 20.3 Å². The number of hydrogen-bond acceptors (Lipinski definition) is 6. The second-order valence-electron chi connectivity index (χ2n) is 2.74. The lowest BCUT2D eigenvalue weighted by atomic mass is 10.5. The number of nitrogens with two attached hydrogens (primary N) is 1. The van der Waals surface area contributed by atoms with Gasteiger partial charge in [-0.05, 0) is 11.5 Å². The maximum Gasteiger partial charge on any atom is 0.507 e. The minimum Gasteiger partial charge on any atom is -0.364 e. The molecule has 0 radical (unpaired) electrons. The predicted octanol–water partition coefficient (Wildman–Crippen LogP) is 1.80. The lowest BCUT2D eigenvalue weighted by Crippen LogP contribution is -2.18. The van der Waals surface area contributed by atoms with Crippen molar-refractivity contribution in [1.29, 1.82) is 0 Å². The summed E-state index contributed by atoms with van der Waals surface area (Å²) in [4.78, 5) is 14.3. The van der Waals surface area contributed by atoms with Gasteiger partial charge in [0, 0.05) is 16.2 Å². The van der Waals surface area contributed by atoms with E-state index in [0.29, 0.717) is 0 Å². The molecule has 0 bridgehead atoms. The number of hydrogen-bond donors (Lipinski definition) is 1. The largest absolute Gasteiger partial charge is 0.507 e. The van der Waals surface area contributed by atoms with Gasteiger partial charge in [-0.3, -0.25) is 4.79 Å². The van der Waals surface area contributed by atoms with Gasteiger partial charge in [-0.25, -0.2) is 13.4 Å². The molecule has 1 amide bonds. The fraction of sp³-hybridized carbons (Fsp3) is 0.143. The summed E-state index contributed by atoms with van der Waals surface area (Å²) in [6.07, 6.45) is 1.04. The molecule has 0 saturated carbocycles. The molecule has 18 heavy (non-hydrogen) atoms. The first-order valence-corrected chi connectivity index (χ1v) is 7.81. The fourth-order valence-electron chi connectivity index (χ4n) is 0.701. The topological polar surface area (TPSA) is 90.1 Å². The Morgan fingerprint density at radius 2 is 2.11 bits per heavy atom. The van der Waals surface area contributed by atoms with Crippen LogP contribution < -0.4 is 5.73 Å². The van der Waals surface area contributed by atoms with Gasteiger partial charge in [0.15, 0.2) is 5.01 Å². The molecule has 100 valence electrons. The molecule has 1 rings (SSSR count). The molecule has 0 aliphatic carbocycles. The molecule has 1 heterocycles. The van der Waals surface area contributed by atoms with Crippen LogP contribution in [-0.4, -0.2) is 24.8 Å². The summed E-state index contributed by atoms with van der Waals surface area (Å²) in [5, 5.41) is 2.07. The van der Waals surface area contributed by atoms with Crippen LogP contribution in [0.5, 0.6) is 0 Å². The zero-order chi connectivity index (χ0) is 14.0. The number of halogens is 3. The van der Waals surface area contributed by atoms with Crippen molar-refractivity contribution in [3.8, 4) is 0 Å². The van der Waals surface area contributed by atoms with Gasteiger partial charge >= 0.3 is 14.4 Å². The third-order valence-electron chi connectivity index (χ3n) is 1.44. The van der Waals surface area contributed by atoms with Crippen molar-refractivity contribution in [1.82, 2.24) is 4.98 Å². The minimum absolute atomic E-state index is 0.0154. The molecule has 2 N–H and O–H groups in total. The average Bonchev–Trinajstić information content (AvgIpc) is 2.64. The second-order valence-corrected chi connectivity index (χ2v) is 7.33. The van der Waals surface area contributed by atoms with E-state index in [1.807, 2.05) is 0 Å². The summed E-state index contributed by atoms with van der Waals surface area (Å²) in [5.41, 5.74) is -0.248. The Morgan fingerprint density at radius 3 is 2.56 bits per heavy atom. The van der Waals surface area contributed by atoms with E-state index in [9.17, 15) is 26.4 Å². The van der Waals surface area contributed by atoms with Crippen molar-refractivity contribution in [2.24, 2.45) is 5.73 Å². The SMILES string of the molecule is NC(=O)c1nc(/C=C\SS(=O)(=O)C(F)(F)F)cs1. The molecule has 0 spiro atoms. The zero-order valence-corrected chi connectivity index (χ0v) is 10.8. The second kappa shape index (κ2) is 5.28. The van der Waals surface area contributed by atoms with Crippen molar-refractivity contribution in [2.75, 3.05) is 0 Å². The molecule has 11 heteroatoms. The highest BCUT2D eigenvalue weighted by molar-refractivity contribution is 8.73. The third-order valence-corrected chi connectivity index (χ3v) is 5.04. The van der Waals surface area contributed by atoms with Crippen LogP contribution in [0, 0.1) is 0 Å². The average molecular weight is 318 g/mol. The van der Waals surface area contributed by atoms with Crippen molar-refractivity contribution >= 4 is 43.0 Å². The van der Waals surface area contributed by atoms with Crippen LogP contribution in [0.3, 0.4) is 0 Å². The number of alkyl halides is 3. The molecule has 0 atom stereocenters. The van der Waals surface area contributed by atoms with Gasteiger partial charge in [-0.1, -0.05) is 0 Å². The van der Waals surface area contributed by atoms with Gasteiger partial charge < -0.3 is 5.73 Å². The summed E-state index contributed by atoms with van der Waals surface area (Å²) in [5.74, 6) is -0.768. The third kappa shape index (κ3) is 3.71. The molecule has 0 fully saturated rings. The number of amides is 1. The van der Waals surface area contributed by atoms with E-state index >= 15 is 0 Å². The lowest BCUT2D eigenvalue weighted by molar-refractivity contribution is -0.0410. The van der Waals surface area contributed by atoms with E-state index in [0.717, 1.165) is 22.8 Å². The Balaban J connectivity index is 2.74. The molecule has 0 aliphatic heterocycles. The monoisotopic (exact) mass is 318 g/mol. The van der Waals surface area contributed by atoms with E-state index in [1.54, 1.807) is 0 Å². The highest BCUT2D eigenvalue weighted by Crippen LogP contribution is 2.33. The van der Waals surface area contributed by atoms with Crippen molar-refractivity contribution in [3.63, 3.8) is 0 Å². The lowest BCUT2D eigenvalue weighted by Gasteiger charge is -2.03. The molecular formula is C7H5F3N2O3S3. The first-order chi connectivity index (χ1) is 8.13. The molecule has 5 nitrogen and oxygen atoms in total. The van der Waals surface area contributed by atoms with Gasteiger partial charge in [0.1, 0.15) is 0 Å². The zero-order valence-electron chi connectivity index (χ0n) is 8.34. The fourth-order valence-corrected chi connectivity index (χ4v) is 2.72. The van der Waals surface area contributed by atoms with Gasteiger partial charge in [0.2, 0.25) is 0 Å². The maximum absolute atomic E-state index is 12.0. The number of carbonyl (C=O) groups excluding carboxylic acids is 1. The molecular weight excluding hydrogens is 313 g/mol. The summed E-state index contributed by atoms with van der Waals surface area (Å²) in [6, 6.07) is 0. The number of rotatable bonds is 4. The van der Waals surface area contributed by atoms with Gasteiger partial charge in [-0.2, -0.15) is 13.2 Å². The molecule has 1 aromatic rings. The Hall–Kier alpha value is -1.07. The molecule has 0 saturated heterocycles. The number of nitrogens with zero attached hydrogens (tertiary/aromatic N) is 1. The Labute approximate surface area is 107 Å². The standard InChI is InChI=1S/C7H5F3N2O3S3/c8-7(9,10)18(14,15)17-2-1-4-3-16-6(12-4)5(11)13/h1-3H,(H2,11,13)/b2-1-. The Bertz CT molecular complexity index is 576. The van der Waals surface area contributed by atoms with Crippen molar-refractivity contribution in [2.45, 2.75) is 5.51 Å². The predicted molar refractivity (Wildman–Crippen MR) is 62.2 cm³/mol. The molecule has 0 aromatic carbocycles. The van der Waals surface area contributed by atoms with Crippen molar-refractivity contribution in [3.05, 3.63) is 21.5 Å². The minimum atomic E-state index is -5.32. The van der Waals surface area contributed by atoms with Crippen LogP contribution in [0.1, 0.15) is 15.5 Å². The summed E-state index contributed by atoms with van der Waals surface area (Å²) in [7, 11) is -5.65. The van der Waals surface area contributed by atoms with Crippen molar-refractivity contribution < 1.29 is 26.4 Å². The first-order valence-electron chi connectivity index (χ1n) is 4.05. The number of primary amides is 1. The quantitative estimate of drug-likeness (QED) is 0.855. The van der Waals surface area contributed by atoms with E-state index in [2.05, 4.69) is 4.98 Å². The van der Waals surface area contributed by atoms with Gasteiger partial charge in [-0.15, -0.1) is 11.3 Å². The van der Waals surface area contributed by atoms with E-state index in [-0.39, 0.29) is 21.5 Å². The van der Waals surface area contributed by atoms with Crippen LogP contribution >= 0.6 is 22.1 Å². The first kappa shape index (κ1) is 15.0. The van der Waals surface area contributed by atoms with Crippen LogP contribution in [0.25, 0.3) is 6.08 Å². The van der Waals surface area contributed by atoms with Crippen LogP contribution in [0.2, 0.25) is 0 Å². The number of thiazole rings is 1. The Morgan fingerprint density at radius 1 is 1.50 bits per heavy atom. The maximum atomic E-state index is 12.0. The molecule has 0 unspecified atom stereocenters. The van der Waals surface area contributed by atoms with E-state index in [4.69, 9.17) is 5.73 Å². The highest BCUT2D eigenvalue weighted by Gasteiger charge is 2.45. The summed E-state index contributed by atoms with van der Waals surface area (Å²) >= 11 is 0.903.